The molecule has 5 nitrogen and oxygen atoms in total. The molecule has 2 heterocycles. The maximum absolute atomic E-state index is 13.5. The first kappa shape index (κ1) is 20.6. The molecule has 1 aromatic heterocycles. The van der Waals surface area contributed by atoms with Crippen LogP contribution in [0.4, 0.5) is 4.39 Å². The normalized spacial score (nSPS) is 16.0. The average molecular weight is 430 g/mol. The number of halogens is 2. The number of amides is 1. The molecule has 0 spiro atoms. The maximum atomic E-state index is 13.5. The average Bonchev–Trinajstić information content (AvgIpc) is 2.99. The second kappa shape index (κ2) is 8.20. The molecule has 7 heteroatoms. The molecule has 0 saturated carbocycles. The van der Waals surface area contributed by atoms with E-state index in [0.717, 1.165) is 0 Å². The molecule has 1 atom stereocenters. The molecule has 0 N–H and O–H groups in total. The number of carbonyl (C=O) groups excluding carboxylic acids is 1. The van der Waals surface area contributed by atoms with E-state index < -0.39 is 11.9 Å². The Kier molecular flexibility index (Phi) is 5.62. The Labute approximate surface area is 178 Å². The minimum atomic E-state index is -0.660. The van der Waals surface area contributed by atoms with Gasteiger partial charge < -0.3 is 14.1 Å². The summed E-state index contributed by atoms with van der Waals surface area (Å²) in [4.78, 5) is 28.1. The summed E-state index contributed by atoms with van der Waals surface area (Å²) in [6.07, 6.45) is 0.678. The highest BCUT2D eigenvalue weighted by Crippen LogP contribution is 2.38. The number of hydrogen-bond donors (Lipinski definition) is 0. The van der Waals surface area contributed by atoms with Crippen LogP contribution < -0.4 is 5.43 Å². The molecule has 0 bridgehead atoms. The Balaban J connectivity index is 1.81. The molecule has 156 valence electrons. The van der Waals surface area contributed by atoms with Gasteiger partial charge in [-0.1, -0.05) is 23.7 Å². The number of benzene rings is 2. The van der Waals surface area contributed by atoms with Gasteiger partial charge in [0.2, 0.25) is 5.76 Å². The van der Waals surface area contributed by atoms with Gasteiger partial charge in [-0.3, -0.25) is 9.59 Å². The van der Waals surface area contributed by atoms with Crippen molar-refractivity contribution in [1.82, 2.24) is 4.90 Å². The molecule has 1 aliphatic rings. The van der Waals surface area contributed by atoms with Crippen LogP contribution in [0, 0.1) is 5.82 Å². The fourth-order valence-electron chi connectivity index (χ4n) is 3.77. The summed E-state index contributed by atoms with van der Waals surface area (Å²) in [7, 11) is 0. The molecule has 0 saturated heterocycles. The number of rotatable bonds is 6. The molecule has 0 aliphatic carbocycles. The zero-order valence-corrected chi connectivity index (χ0v) is 17.4. The fraction of sp³-hybridized carbons (Fsp3) is 0.304. The number of ether oxygens (including phenoxy) is 1. The van der Waals surface area contributed by atoms with Gasteiger partial charge in [-0.2, -0.15) is 0 Å². The van der Waals surface area contributed by atoms with Crippen molar-refractivity contribution in [3.8, 4) is 0 Å². The van der Waals surface area contributed by atoms with Crippen LogP contribution in [-0.2, 0) is 4.74 Å². The number of hydrogen-bond acceptors (Lipinski definition) is 4. The van der Waals surface area contributed by atoms with Gasteiger partial charge >= 0.3 is 0 Å². The number of nitrogens with zero attached hydrogens (tertiary/aromatic N) is 1. The molecule has 0 fully saturated rings. The van der Waals surface area contributed by atoms with Crippen LogP contribution in [0.1, 0.15) is 48.0 Å². The van der Waals surface area contributed by atoms with Gasteiger partial charge in [-0.25, -0.2) is 4.39 Å². The summed E-state index contributed by atoms with van der Waals surface area (Å²) < 4.78 is 24.9. The zero-order chi connectivity index (χ0) is 21.4. The minimum absolute atomic E-state index is 0.0222. The summed E-state index contributed by atoms with van der Waals surface area (Å²) in [5, 5.41) is 0.714. The first-order valence-corrected chi connectivity index (χ1v) is 10.2. The largest absolute Gasteiger partial charge is 0.450 e. The number of carbonyl (C=O) groups is 1. The van der Waals surface area contributed by atoms with Crippen molar-refractivity contribution in [1.29, 1.82) is 0 Å². The highest BCUT2D eigenvalue weighted by molar-refractivity contribution is 6.31. The SMILES string of the molecule is CC(C)OCCCN1C(=O)c2oc3ccc(Cl)cc3c(=O)c2[C@H]1c1ccc(F)cc1. The molecule has 0 unspecified atom stereocenters. The van der Waals surface area contributed by atoms with Crippen LogP contribution in [0.2, 0.25) is 5.02 Å². The van der Waals surface area contributed by atoms with Crippen LogP contribution in [0.25, 0.3) is 11.0 Å². The lowest BCUT2D eigenvalue weighted by Gasteiger charge is -2.25. The Morgan fingerprint density at radius 2 is 1.90 bits per heavy atom. The first-order chi connectivity index (χ1) is 14.4. The van der Waals surface area contributed by atoms with E-state index in [-0.39, 0.29) is 28.8 Å². The quantitative estimate of drug-likeness (QED) is 0.520. The van der Waals surface area contributed by atoms with Gasteiger partial charge in [0, 0.05) is 18.2 Å². The zero-order valence-electron chi connectivity index (χ0n) is 16.7. The van der Waals surface area contributed by atoms with Crippen molar-refractivity contribution in [2.75, 3.05) is 13.2 Å². The van der Waals surface area contributed by atoms with Gasteiger partial charge in [0.25, 0.3) is 5.91 Å². The van der Waals surface area contributed by atoms with E-state index >= 15 is 0 Å². The maximum Gasteiger partial charge on any atom is 0.290 e. The predicted octanol–water partition coefficient (Wildman–Crippen LogP) is 4.95. The van der Waals surface area contributed by atoms with E-state index in [1.807, 2.05) is 13.8 Å². The standard InChI is InChI=1S/C23H21ClFNO4/c1-13(2)29-11-3-10-26-20(14-4-7-16(25)8-5-14)19-21(27)17-12-15(24)6-9-18(17)30-22(19)23(26)28/h4-9,12-13,20H,3,10-11H2,1-2H3/t20-/m1/s1. The topological polar surface area (TPSA) is 59.8 Å². The lowest BCUT2D eigenvalue weighted by Crippen LogP contribution is -2.31. The lowest BCUT2D eigenvalue weighted by molar-refractivity contribution is 0.0593. The van der Waals surface area contributed by atoms with E-state index in [1.165, 1.54) is 18.2 Å². The molecule has 2 aromatic carbocycles. The summed E-state index contributed by atoms with van der Waals surface area (Å²) in [6.45, 7) is 4.73. The molecule has 4 rings (SSSR count). The van der Waals surface area contributed by atoms with Crippen molar-refractivity contribution in [2.45, 2.75) is 32.4 Å². The van der Waals surface area contributed by atoms with Crippen LogP contribution in [0.15, 0.2) is 51.7 Å². The third kappa shape index (κ3) is 3.73. The molecule has 0 radical (unpaired) electrons. The van der Waals surface area contributed by atoms with E-state index in [4.69, 9.17) is 20.8 Å². The lowest BCUT2D eigenvalue weighted by atomic mass is 9.98. The highest BCUT2D eigenvalue weighted by Gasteiger charge is 2.42. The van der Waals surface area contributed by atoms with Crippen molar-refractivity contribution >= 4 is 28.5 Å². The molecule has 1 aliphatic heterocycles. The molecular weight excluding hydrogens is 409 g/mol. The van der Waals surface area contributed by atoms with Gasteiger partial charge in [0.05, 0.1) is 23.1 Å². The third-order valence-corrected chi connectivity index (χ3v) is 5.34. The van der Waals surface area contributed by atoms with E-state index in [9.17, 15) is 14.0 Å². The monoisotopic (exact) mass is 429 g/mol. The summed E-state index contributed by atoms with van der Waals surface area (Å²) in [6, 6.07) is 9.87. The first-order valence-electron chi connectivity index (χ1n) is 9.81. The van der Waals surface area contributed by atoms with Gasteiger partial charge in [-0.15, -0.1) is 0 Å². The van der Waals surface area contributed by atoms with Gasteiger partial charge in [0.1, 0.15) is 11.4 Å². The second-order valence-corrected chi connectivity index (χ2v) is 7.98. The molecule has 30 heavy (non-hydrogen) atoms. The molecule has 1 amide bonds. The smallest absolute Gasteiger partial charge is 0.290 e. The van der Waals surface area contributed by atoms with Crippen LogP contribution >= 0.6 is 11.6 Å². The van der Waals surface area contributed by atoms with Crippen molar-refractivity contribution in [3.63, 3.8) is 0 Å². The van der Waals surface area contributed by atoms with Crippen LogP contribution in [0.3, 0.4) is 0 Å². The van der Waals surface area contributed by atoms with Gasteiger partial charge in [-0.05, 0) is 56.2 Å². The molecular formula is C23H21ClFNO4. The third-order valence-electron chi connectivity index (χ3n) is 5.11. The number of fused-ring (bicyclic) bond motifs is 2. The summed E-state index contributed by atoms with van der Waals surface area (Å²) >= 11 is 6.07. The Morgan fingerprint density at radius 1 is 1.17 bits per heavy atom. The summed E-state index contributed by atoms with van der Waals surface area (Å²) in [5.74, 6) is -0.732. The van der Waals surface area contributed by atoms with Crippen molar-refractivity contribution in [3.05, 3.63) is 80.4 Å². The molecule has 3 aromatic rings. The van der Waals surface area contributed by atoms with E-state index in [2.05, 4.69) is 0 Å². The highest BCUT2D eigenvalue weighted by atomic mass is 35.5. The summed E-state index contributed by atoms with van der Waals surface area (Å²) in [5.41, 5.74) is 0.893. The van der Waals surface area contributed by atoms with Crippen molar-refractivity contribution < 1.29 is 18.3 Å². The van der Waals surface area contributed by atoms with E-state index in [1.54, 1.807) is 29.2 Å². The Bertz CT molecular complexity index is 1160. The van der Waals surface area contributed by atoms with Crippen molar-refractivity contribution in [2.24, 2.45) is 0 Å². The van der Waals surface area contributed by atoms with Gasteiger partial charge in [0.15, 0.2) is 5.43 Å². The fourth-order valence-corrected chi connectivity index (χ4v) is 3.94. The Hall–Kier alpha value is -2.70. The van der Waals surface area contributed by atoms with E-state index in [0.29, 0.717) is 41.1 Å². The second-order valence-electron chi connectivity index (χ2n) is 7.54. The predicted molar refractivity (Wildman–Crippen MR) is 112 cm³/mol. The minimum Gasteiger partial charge on any atom is -0.450 e. The van der Waals surface area contributed by atoms with Crippen LogP contribution in [0.5, 0.6) is 0 Å². The van der Waals surface area contributed by atoms with Crippen LogP contribution in [-0.4, -0.2) is 30.1 Å². The Morgan fingerprint density at radius 3 is 2.60 bits per heavy atom.